The largest absolute Gasteiger partial charge is 0.481 e. The van der Waals surface area contributed by atoms with E-state index in [9.17, 15) is 9.59 Å². The summed E-state index contributed by atoms with van der Waals surface area (Å²) in [6.45, 7) is 0.148. The van der Waals surface area contributed by atoms with E-state index in [0.717, 1.165) is 5.56 Å². The molecule has 1 amide bonds. The highest BCUT2D eigenvalue weighted by molar-refractivity contribution is 5.85. The normalized spacial score (nSPS) is 9.11. The van der Waals surface area contributed by atoms with Crippen LogP contribution in [0.3, 0.4) is 0 Å². The number of nitrogens with two attached hydrogens (primary N) is 1. The van der Waals surface area contributed by atoms with Crippen molar-refractivity contribution >= 4 is 30.2 Å². The lowest BCUT2D eigenvalue weighted by atomic mass is 10.2. The van der Waals surface area contributed by atoms with Crippen molar-refractivity contribution in [2.24, 2.45) is 0 Å². The number of carbonyl (C=O) groups is 2. The smallest absolute Gasteiger partial charge is 0.407 e. The fraction of sp³-hybridized carbons (Fsp3) is 0.273. The Morgan fingerprint density at radius 1 is 1.39 bits per heavy atom. The van der Waals surface area contributed by atoms with Crippen LogP contribution in [0.4, 0.5) is 10.5 Å². The second-order valence-electron chi connectivity index (χ2n) is 3.39. The van der Waals surface area contributed by atoms with E-state index < -0.39 is 12.1 Å². The Labute approximate surface area is 111 Å². The highest BCUT2D eigenvalue weighted by atomic mass is 35.5. The van der Waals surface area contributed by atoms with E-state index in [-0.39, 0.29) is 32.0 Å². The molecule has 0 atom stereocenters. The van der Waals surface area contributed by atoms with Gasteiger partial charge in [-0.25, -0.2) is 4.79 Å². The Morgan fingerprint density at radius 3 is 2.72 bits per heavy atom. The number of hydrogen-bond acceptors (Lipinski definition) is 4. The van der Waals surface area contributed by atoms with Gasteiger partial charge in [0.15, 0.2) is 0 Å². The summed E-state index contributed by atoms with van der Waals surface area (Å²) >= 11 is 0. The van der Waals surface area contributed by atoms with Crippen LogP contribution >= 0.6 is 12.4 Å². The van der Waals surface area contributed by atoms with Crippen LogP contribution in [-0.4, -0.2) is 23.7 Å². The van der Waals surface area contributed by atoms with Gasteiger partial charge in [-0.05, 0) is 17.7 Å². The zero-order valence-electron chi connectivity index (χ0n) is 9.59. The molecule has 0 aliphatic heterocycles. The molecule has 0 saturated carbocycles. The van der Waals surface area contributed by atoms with Crippen molar-refractivity contribution in [3.63, 3.8) is 0 Å². The molecule has 4 N–H and O–H groups in total. The number of carboxylic acids is 1. The van der Waals surface area contributed by atoms with E-state index in [1.165, 1.54) is 0 Å². The van der Waals surface area contributed by atoms with E-state index in [1.54, 1.807) is 24.3 Å². The van der Waals surface area contributed by atoms with Gasteiger partial charge in [-0.2, -0.15) is 0 Å². The van der Waals surface area contributed by atoms with Crippen molar-refractivity contribution in [2.45, 2.75) is 13.0 Å². The van der Waals surface area contributed by atoms with Crippen LogP contribution in [0, 0.1) is 0 Å². The number of nitrogens with one attached hydrogen (secondary N) is 1. The lowest BCUT2D eigenvalue weighted by molar-refractivity contribution is -0.136. The monoisotopic (exact) mass is 274 g/mol. The van der Waals surface area contributed by atoms with Gasteiger partial charge in [-0.15, -0.1) is 12.4 Å². The predicted octanol–water partition coefficient (Wildman–Crippen LogP) is 1.39. The highest BCUT2D eigenvalue weighted by Crippen LogP contribution is 2.07. The molecule has 0 fully saturated rings. The van der Waals surface area contributed by atoms with E-state index in [4.69, 9.17) is 15.6 Å². The number of amides is 1. The van der Waals surface area contributed by atoms with Crippen molar-refractivity contribution in [3.05, 3.63) is 29.8 Å². The lowest BCUT2D eigenvalue weighted by Gasteiger charge is -2.06. The van der Waals surface area contributed by atoms with E-state index in [1.807, 2.05) is 0 Å². The van der Waals surface area contributed by atoms with E-state index >= 15 is 0 Å². The van der Waals surface area contributed by atoms with Crippen molar-refractivity contribution < 1.29 is 19.4 Å². The van der Waals surface area contributed by atoms with Crippen molar-refractivity contribution in [2.75, 3.05) is 12.3 Å². The van der Waals surface area contributed by atoms with Gasteiger partial charge in [-0.1, -0.05) is 12.1 Å². The fourth-order valence-corrected chi connectivity index (χ4v) is 1.15. The van der Waals surface area contributed by atoms with Crippen LogP contribution in [0.25, 0.3) is 0 Å². The second-order valence-corrected chi connectivity index (χ2v) is 3.39. The lowest BCUT2D eigenvalue weighted by Crippen LogP contribution is -2.26. The molecule has 0 aromatic heterocycles. The predicted molar refractivity (Wildman–Crippen MR) is 68.5 cm³/mol. The molecule has 7 heteroatoms. The van der Waals surface area contributed by atoms with Gasteiger partial charge in [-0.3, -0.25) is 4.79 Å². The molecule has 0 spiro atoms. The molecule has 100 valence electrons. The molecule has 0 bridgehead atoms. The SMILES string of the molecule is Cl.Nc1cccc(COC(=O)NCCC(=O)O)c1. The Balaban J connectivity index is 0.00000289. The number of hydrogen-bond donors (Lipinski definition) is 3. The minimum Gasteiger partial charge on any atom is -0.481 e. The number of halogens is 1. The summed E-state index contributed by atoms with van der Waals surface area (Å²) in [5.41, 5.74) is 6.93. The molecular formula is C11H15ClN2O4. The Bertz CT molecular complexity index is 412. The number of anilines is 1. The maximum Gasteiger partial charge on any atom is 0.407 e. The second kappa shape index (κ2) is 8.19. The van der Waals surface area contributed by atoms with Crippen LogP contribution in [-0.2, 0) is 16.1 Å². The van der Waals surface area contributed by atoms with Gasteiger partial charge in [0.2, 0.25) is 0 Å². The molecule has 0 heterocycles. The first kappa shape index (κ1) is 16.1. The first-order valence-electron chi connectivity index (χ1n) is 5.05. The maximum atomic E-state index is 11.1. The standard InChI is InChI=1S/C11H14N2O4.ClH/c12-9-3-1-2-8(6-9)7-17-11(16)13-5-4-10(14)15;/h1-3,6H,4-5,7,12H2,(H,13,16)(H,14,15);1H. The van der Waals surface area contributed by atoms with Crippen LogP contribution in [0.15, 0.2) is 24.3 Å². The highest BCUT2D eigenvalue weighted by Gasteiger charge is 2.03. The Kier molecular flexibility index (Phi) is 7.30. The summed E-state index contributed by atoms with van der Waals surface area (Å²) in [6.07, 6.45) is -0.776. The first-order valence-corrected chi connectivity index (χ1v) is 5.05. The minimum absolute atomic E-state index is 0. The van der Waals surface area contributed by atoms with Crippen molar-refractivity contribution in [3.8, 4) is 0 Å². The number of benzene rings is 1. The Morgan fingerprint density at radius 2 is 2.11 bits per heavy atom. The quantitative estimate of drug-likeness (QED) is 0.704. The van der Waals surface area contributed by atoms with E-state index in [2.05, 4.69) is 5.32 Å². The number of nitrogen functional groups attached to an aromatic ring is 1. The Hall–Kier alpha value is -1.95. The van der Waals surface area contributed by atoms with Crippen molar-refractivity contribution in [1.82, 2.24) is 5.32 Å². The van der Waals surface area contributed by atoms with Crippen LogP contribution < -0.4 is 11.1 Å². The topological polar surface area (TPSA) is 102 Å². The van der Waals surface area contributed by atoms with Crippen LogP contribution in [0.5, 0.6) is 0 Å². The van der Waals surface area contributed by atoms with Crippen LogP contribution in [0.1, 0.15) is 12.0 Å². The summed E-state index contributed by atoms with van der Waals surface area (Å²) in [5.74, 6) is -0.971. The molecule has 0 radical (unpaired) electrons. The molecule has 0 unspecified atom stereocenters. The maximum absolute atomic E-state index is 11.1. The molecule has 1 aromatic carbocycles. The zero-order valence-corrected chi connectivity index (χ0v) is 10.4. The molecule has 0 saturated heterocycles. The molecule has 6 nitrogen and oxygen atoms in total. The molecule has 0 aliphatic carbocycles. The zero-order chi connectivity index (χ0) is 12.7. The molecular weight excluding hydrogens is 260 g/mol. The molecule has 18 heavy (non-hydrogen) atoms. The summed E-state index contributed by atoms with van der Waals surface area (Å²) in [4.78, 5) is 21.3. The number of rotatable bonds is 5. The fourth-order valence-electron chi connectivity index (χ4n) is 1.15. The minimum atomic E-state index is -0.971. The third kappa shape index (κ3) is 6.59. The number of ether oxygens (including phenoxy) is 1. The number of carbonyl (C=O) groups excluding carboxylic acids is 1. The van der Waals surface area contributed by atoms with Gasteiger partial charge < -0.3 is 20.9 Å². The summed E-state index contributed by atoms with van der Waals surface area (Å²) in [6, 6.07) is 6.97. The van der Waals surface area contributed by atoms with Crippen molar-refractivity contribution in [1.29, 1.82) is 0 Å². The van der Waals surface area contributed by atoms with Gasteiger partial charge in [0.25, 0.3) is 0 Å². The molecule has 0 aliphatic rings. The average molecular weight is 275 g/mol. The average Bonchev–Trinajstić information content (AvgIpc) is 2.26. The first-order chi connectivity index (χ1) is 8.08. The van der Waals surface area contributed by atoms with E-state index in [0.29, 0.717) is 5.69 Å². The van der Waals surface area contributed by atoms with Gasteiger partial charge in [0.05, 0.1) is 6.42 Å². The summed E-state index contributed by atoms with van der Waals surface area (Å²) in [7, 11) is 0. The van der Waals surface area contributed by atoms with Gasteiger partial charge >= 0.3 is 12.1 Å². The van der Waals surface area contributed by atoms with Gasteiger partial charge in [0.1, 0.15) is 6.61 Å². The molecule has 1 aromatic rings. The third-order valence-corrected chi connectivity index (χ3v) is 1.93. The summed E-state index contributed by atoms with van der Waals surface area (Å²) < 4.78 is 4.87. The summed E-state index contributed by atoms with van der Waals surface area (Å²) in [5, 5.41) is 10.7. The third-order valence-electron chi connectivity index (χ3n) is 1.93. The number of aliphatic carboxylic acids is 1. The van der Waals surface area contributed by atoms with Gasteiger partial charge in [0, 0.05) is 12.2 Å². The molecule has 1 rings (SSSR count). The number of carboxylic acid groups (broad SMARTS) is 1. The number of alkyl carbamates (subject to hydrolysis) is 1. The van der Waals surface area contributed by atoms with Crippen LogP contribution in [0.2, 0.25) is 0 Å².